The molecule has 1 saturated heterocycles. The zero-order valence-electron chi connectivity index (χ0n) is 16.5. The molecule has 1 aliphatic heterocycles. The largest absolute Gasteiger partial charge is 0.379 e. The topological polar surface area (TPSA) is 70.7 Å². The Morgan fingerprint density at radius 3 is 2.62 bits per heavy atom. The number of amides is 2. The average molecular weight is 416 g/mol. The Labute approximate surface area is 176 Å². The molecule has 0 saturated carbocycles. The molecule has 0 aromatic heterocycles. The van der Waals surface area contributed by atoms with Crippen molar-refractivity contribution in [3.63, 3.8) is 0 Å². The second-order valence-electron chi connectivity index (χ2n) is 6.88. The first kappa shape index (κ1) is 21.3. The SMILES string of the molecule is CCC(=O)Nc1cccc(C(=O)NCC(c2ccccc2Cl)N2CCOCC2)c1. The number of morpholine rings is 1. The van der Waals surface area contributed by atoms with Crippen molar-refractivity contribution in [2.24, 2.45) is 0 Å². The molecule has 7 heteroatoms. The van der Waals surface area contributed by atoms with Gasteiger partial charge in [-0.25, -0.2) is 0 Å². The van der Waals surface area contributed by atoms with Crippen molar-refractivity contribution in [3.8, 4) is 0 Å². The molecule has 0 radical (unpaired) electrons. The molecule has 6 nitrogen and oxygen atoms in total. The fourth-order valence-electron chi connectivity index (χ4n) is 3.35. The van der Waals surface area contributed by atoms with E-state index in [0.29, 0.717) is 42.5 Å². The minimum atomic E-state index is -0.192. The number of carbonyl (C=O) groups is 2. The number of anilines is 1. The lowest BCUT2D eigenvalue weighted by atomic mass is 10.0. The first-order valence-electron chi connectivity index (χ1n) is 9.83. The van der Waals surface area contributed by atoms with E-state index < -0.39 is 0 Å². The van der Waals surface area contributed by atoms with Crippen LogP contribution in [0.5, 0.6) is 0 Å². The third-order valence-electron chi connectivity index (χ3n) is 4.94. The minimum Gasteiger partial charge on any atom is -0.379 e. The minimum absolute atomic E-state index is 0.0421. The number of carbonyl (C=O) groups excluding carboxylic acids is 2. The molecule has 2 N–H and O–H groups in total. The summed E-state index contributed by atoms with van der Waals surface area (Å²) >= 11 is 6.44. The molecule has 1 aliphatic rings. The van der Waals surface area contributed by atoms with E-state index in [1.807, 2.05) is 24.3 Å². The fraction of sp³-hybridized carbons (Fsp3) is 0.364. The van der Waals surface area contributed by atoms with Crippen LogP contribution in [0.1, 0.15) is 35.3 Å². The summed E-state index contributed by atoms with van der Waals surface area (Å²) in [6, 6.07) is 14.6. The molecule has 154 valence electrons. The van der Waals surface area contributed by atoms with Gasteiger partial charge >= 0.3 is 0 Å². The van der Waals surface area contributed by atoms with Crippen LogP contribution in [-0.4, -0.2) is 49.6 Å². The summed E-state index contributed by atoms with van der Waals surface area (Å²) in [4.78, 5) is 26.6. The van der Waals surface area contributed by atoms with E-state index >= 15 is 0 Å². The van der Waals surface area contributed by atoms with E-state index in [4.69, 9.17) is 16.3 Å². The number of ether oxygens (including phenoxy) is 1. The van der Waals surface area contributed by atoms with Crippen LogP contribution in [0.25, 0.3) is 0 Å². The molecule has 3 rings (SSSR count). The lowest BCUT2D eigenvalue weighted by Gasteiger charge is -2.35. The Morgan fingerprint density at radius 2 is 1.90 bits per heavy atom. The van der Waals surface area contributed by atoms with Gasteiger partial charge in [0.05, 0.1) is 19.3 Å². The molecule has 0 aliphatic carbocycles. The maximum Gasteiger partial charge on any atom is 0.251 e. The number of hydrogen-bond donors (Lipinski definition) is 2. The summed E-state index contributed by atoms with van der Waals surface area (Å²) < 4.78 is 5.47. The third kappa shape index (κ3) is 5.79. The number of nitrogens with zero attached hydrogens (tertiary/aromatic N) is 1. The summed E-state index contributed by atoms with van der Waals surface area (Å²) in [5.41, 5.74) is 2.10. The Hall–Kier alpha value is -2.41. The Morgan fingerprint density at radius 1 is 1.14 bits per heavy atom. The van der Waals surface area contributed by atoms with Crippen LogP contribution in [-0.2, 0) is 9.53 Å². The molecule has 29 heavy (non-hydrogen) atoms. The normalized spacial score (nSPS) is 15.5. The maximum atomic E-state index is 12.8. The summed E-state index contributed by atoms with van der Waals surface area (Å²) in [7, 11) is 0. The van der Waals surface area contributed by atoms with Gasteiger partial charge in [0.15, 0.2) is 0 Å². The van der Waals surface area contributed by atoms with Crippen LogP contribution >= 0.6 is 11.6 Å². The molecule has 1 atom stereocenters. The molecule has 1 fully saturated rings. The molecule has 2 amide bonds. The number of hydrogen-bond acceptors (Lipinski definition) is 4. The lowest BCUT2D eigenvalue weighted by Crippen LogP contribution is -2.44. The highest BCUT2D eigenvalue weighted by molar-refractivity contribution is 6.31. The highest BCUT2D eigenvalue weighted by Crippen LogP contribution is 2.28. The van der Waals surface area contributed by atoms with Crippen molar-refractivity contribution in [1.82, 2.24) is 10.2 Å². The maximum absolute atomic E-state index is 12.8. The molecule has 2 aromatic rings. The molecule has 1 heterocycles. The van der Waals surface area contributed by atoms with Gasteiger partial charge in [-0.15, -0.1) is 0 Å². The first-order valence-corrected chi connectivity index (χ1v) is 10.2. The summed E-state index contributed by atoms with van der Waals surface area (Å²) in [5.74, 6) is -0.281. The summed E-state index contributed by atoms with van der Waals surface area (Å²) in [5, 5.41) is 6.48. The molecule has 1 unspecified atom stereocenters. The number of nitrogens with one attached hydrogen (secondary N) is 2. The number of benzene rings is 2. The highest BCUT2D eigenvalue weighted by atomic mass is 35.5. The highest BCUT2D eigenvalue weighted by Gasteiger charge is 2.25. The van der Waals surface area contributed by atoms with Crippen molar-refractivity contribution >= 4 is 29.1 Å². The third-order valence-corrected chi connectivity index (χ3v) is 5.28. The van der Waals surface area contributed by atoms with Crippen LogP contribution in [0.2, 0.25) is 5.02 Å². The van der Waals surface area contributed by atoms with E-state index in [9.17, 15) is 9.59 Å². The predicted octanol–water partition coefficient (Wildman–Crippen LogP) is 3.49. The quantitative estimate of drug-likeness (QED) is 0.726. The average Bonchev–Trinajstić information content (AvgIpc) is 2.75. The summed E-state index contributed by atoms with van der Waals surface area (Å²) in [6.45, 7) is 5.09. The fourth-order valence-corrected chi connectivity index (χ4v) is 3.61. The zero-order chi connectivity index (χ0) is 20.6. The standard InChI is InChI=1S/C22H26ClN3O3/c1-2-21(27)25-17-7-5-6-16(14-17)22(28)24-15-20(26-10-12-29-13-11-26)18-8-3-4-9-19(18)23/h3-9,14,20H,2,10-13,15H2,1H3,(H,24,28)(H,25,27). The van der Waals surface area contributed by atoms with E-state index in [1.165, 1.54) is 0 Å². The van der Waals surface area contributed by atoms with Gasteiger partial charge in [0.25, 0.3) is 5.91 Å². The summed E-state index contributed by atoms with van der Waals surface area (Å²) in [6.07, 6.45) is 0.384. The lowest BCUT2D eigenvalue weighted by molar-refractivity contribution is -0.115. The molecular formula is C22H26ClN3O3. The van der Waals surface area contributed by atoms with Crippen LogP contribution in [0.4, 0.5) is 5.69 Å². The molecule has 2 aromatic carbocycles. The van der Waals surface area contributed by atoms with Gasteiger partial charge in [0.2, 0.25) is 5.91 Å². The predicted molar refractivity (Wildman–Crippen MR) is 114 cm³/mol. The second-order valence-corrected chi connectivity index (χ2v) is 7.29. The van der Waals surface area contributed by atoms with Crippen molar-refractivity contribution in [3.05, 3.63) is 64.7 Å². The number of rotatable bonds is 7. The van der Waals surface area contributed by atoms with E-state index in [2.05, 4.69) is 15.5 Å². The van der Waals surface area contributed by atoms with E-state index in [0.717, 1.165) is 18.7 Å². The van der Waals surface area contributed by atoms with Gasteiger partial charge in [-0.1, -0.05) is 42.8 Å². The smallest absolute Gasteiger partial charge is 0.251 e. The van der Waals surface area contributed by atoms with Crippen molar-refractivity contribution < 1.29 is 14.3 Å². The van der Waals surface area contributed by atoms with Crippen LogP contribution in [0.15, 0.2) is 48.5 Å². The second kappa shape index (κ2) is 10.4. The van der Waals surface area contributed by atoms with E-state index in [-0.39, 0.29) is 17.9 Å². The van der Waals surface area contributed by atoms with E-state index in [1.54, 1.807) is 31.2 Å². The van der Waals surface area contributed by atoms with Gasteiger partial charge in [0, 0.05) is 42.3 Å². The monoisotopic (exact) mass is 415 g/mol. The van der Waals surface area contributed by atoms with Crippen molar-refractivity contribution in [2.75, 3.05) is 38.2 Å². The molecular weight excluding hydrogens is 390 g/mol. The Bertz CT molecular complexity index is 853. The molecule has 0 spiro atoms. The van der Waals surface area contributed by atoms with Gasteiger partial charge in [-0.2, -0.15) is 0 Å². The Kier molecular flexibility index (Phi) is 7.63. The van der Waals surface area contributed by atoms with Crippen LogP contribution in [0.3, 0.4) is 0 Å². The number of halogens is 1. The first-order chi connectivity index (χ1) is 14.1. The van der Waals surface area contributed by atoms with Gasteiger partial charge in [0.1, 0.15) is 0 Å². The van der Waals surface area contributed by atoms with Crippen LogP contribution in [0, 0.1) is 0 Å². The van der Waals surface area contributed by atoms with Gasteiger partial charge in [-0.05, 0) is 29.8 Å². The van der Waals surface area contributed by atoms with Gasteiger partial charge in [-0.3, -0.25) is 14.5 Å². The molecule has 0 bridgehead atoms. The van der Waals surface area contributed by atoms with Crippen molar-refractivity contribution in [2.45, 2.75) is 19.4 Å². The van der Waals surface area contributed by atoms with Gasteiger partial charge < -0.3 is 15.4 Å². The van der Waals surface area contributed by atoms with Crippen LogP contribution < -0.4 is 10.6 Å². The zero-order valence-corrected chi connectivity index (χ0v) is 17.2. The Balaban J connectivity index is 1.72. The van der Waals surface area contributed by atoms with Crippen molar-refractivity contribution in [1.29, 1.82) is 0 Å².